The number of nitrogens with zero attached hydrogens (tertiary/aromatic N) is 1. The van der Waals surface area contributed by atoms with Crippen molar-refractivity contribution in [2.45, 2.75) is 38.7 Å². The van der Waals surface area contributed by atoms with Gasteiger partial charge in [0.1, 0.15) is 12.4 Å². The van der Waals surface area contributed by atoms with Crippen molar-refractivity contribution >= 4 is 5.91 Å². The lowest BCUT2D eigenvalue weighted by Gasteiger charge is -2.20. The molecule has 0 N–H and O–H groups in total. The van der Waals surface area contributed by atoms with Gasteiger partial charge in [0.05, 0.1) is 11.7 Å². The van der Waals surface area contributed by atoms with Gasteiger partial charge in [-0.05, 0) is 50.3 Å². The normalized spacial score (nSPS) is 17.0. The van der Waals surface area contributed by atoms with Crippen molar-refractivity contribution in [1.82, 2.24) is 4.90 Å². The predicted octanol–water partition coefficient (Wildman–Crippen LogP) is 3.67. The van der Waals surface area contributed by atoms with Crippen LogP contribution in [0.5, 0.6) is 5.75 Å². The van der Waals surface area contributed by atoms with E-state index in [0.717, 1.165) is 44.4 Å². The van der Waals surface area contributed by atoms with Crippen molar-refractivity contribution in [2.24, 2.45) is 0 Å². The minimum atomic E-state index is -0.00495. The Morgan fingerprint density at radius 2 is 2.22 bits per heavy atom. The van der Waals surface area contributed by atoms with E-state index in [1.165, 1.54) is 0 Å². The molecule has 2 rings (SSSR count). The summed E-state index contributed by atoms with van der Waals surface area (Å²) in [5.41, 5.74) is 1.53. The summed E-state index contributed by atoms with van der Waals surface area (Å²) in [5.74, 6) is 0.612. The van der Waals surface area contributed by atoms with Crippen LogP contribution in [0.4, 0.5) is 0 Å². The van der Waals surface area contributed by atoms with Gasteiger partial charge in [0.2, 0.25) is 0 Å². The van der Waals surface area contributed by atoms with E-state index >= 15 is 0 Å². The van der Waals surface area contributed by atoms with Crippen LogP contribution in [0.2, 0.25) is 0 Å². The molecule has 126 valence electrons. The van der Waals surface area contributed by atoms with Gasteiger partial charge in [0.25, 0.3) is 5.91 Å². The molecule has 1 aromatic carbocycles. The second-order valence-electron chi connectivity index (χ2n) is 6.25. The molecule has 0 radical (unpaired) electrons. The number of rotatable bonds is 8. The second-order valence-corrected chi connectivity index (χ2v) is 6.25. The summed E-state index contributed by atoms with van der Waals surface area (Å²) in [5, 5.41) is 0. The number of hydrogen-bond acceptors (Lipinski definition) is 3. The van der Waals surface area contributed by atoms with Crippen LogP contribution in [0, 0.1) is 0 Å². The van der Waals surface area contributed by atoms with Crippen molar-refractivity contribution in [3.63, 3.8) is 0 Å². The number of para-hydroxylation sites is 1. The minimum absolute atomic E-state index is 0.00495. The Hall–Kier alpha value is -1.81. The van der Waals surface area contributed by atoms with Crippen LogP contribution in [-0.4, -0.2) is 43.7 Å². The van der Waals surface area contributed by atoms with Crippen molar-refractivity contribution in [3.05, 3.63) is 42.0 Å². The van der Waals surface area contributed by atoms with Gasteiger partial charge in [-0.2, -0.15) is 0 Å². The molecule has 1 saturated heterocycles. The lowest BCUT2D eigenvalue weighted by molar-refractivity contribution is 0.0759. The number of carbonyl (C=O) groups is 1. The molecule has 23 heavy (non-hydrogen) atoms. The first-order chi connectivity index (χ1) is 11.1. The van der Waals surface area contributed by atoms with Crippen molar-refractivity contribution in [3.8, 4) is 5.75 Å². The topological polar surface area (TPSA) is 38.8 Å². The lowest BCUT2D eigenvalue weighted by atomic mass is 10.1. The van der Waals surface area contributed by atoms with Crippen LogP contribution in [-0.2, 0) is 4.74 Å². The summed E-state index contributed by atoms with van der Waals surface area (Å²) >= 11 is 0. The Labute approximate surface area is 139 Å². The number of benzene rings is 1. The maximum absolute atomic E-state index is 12.6. The quantitative estimate of drug-likeness (QED) is 0.687. The molecule has 1 amide bonds. The highest BCUT2D eigenvalue weighted by Crippen LogP contribution is 2.21. The second kappa shape index (κ2) is 8.73. The van der Waals surface area contributed by atoms with Gasteiger partial charge in [0.15, 0.2) is 0 Å². The van der Waals surface area contributed by atoms with E-state index in [2.05, 4.69) is 6.58 Å². The molecule has 0 aromatic heterocycles. The largest absolute Gasteiger partial charge is 0.488 e. The highest BCUT2D eigenvalue weighted by atomic mass is 16.5. The Kier molecular flexibility index (Phi) is 6.66. The van der Waals surface area contributed by atoms with Crippen LogP contribution >= 0.6 is 0 Å². The van der Waals surface area contributed by atoms with Gasteiger partial charge < -0.3 is 14.4 Å². The van der Waals surface area contributed by atoms with E-state index in [4.69, 9.17) is 9.47 Å². The molecule has 1 fully saturated rings. The summed E-state index contributed by atoms with van der Waals surface area (Å²) in [6.07, 6.45) is 4.67. The molecule has 1 aromatic rings. The zero-order chi connectivity index (χ0) is 16.7. The van der Waals surface area contributed by atoms with Crippen LogP contribution in [0.25, 0.3) is 0 Å². The van der Waals surface area contributed by atoms with E-state index in [0.29, 0.717) is 24.0 Å². The summed E-state index contributed by atoms with van der Waals surface area (Å²) < 4.78 is 11.3. The van der Waals surface area contributed by atoms with Gasteiger partial charge in [-0.25, -0.2) is 0 Å². The van der Waals surface area contributed by atoms with Crippen LogP contribution in [0.3, 0.4) is 0 Å². The molecular weight excluding hydrogens is 290 g/mol. The molecule has 0 saturated carbocycles. The third kappa shape index (κ3) is 5.39. The number of hydrogen-bond donors (Lipinski definition) is 0. The van der Waals surface area contributed by atoms with E-state index < -0.39 is 0 Å². The van der Waals surface area contributed by atoms with Crippen LogP contribution in [0.1, 0.15) is 43.0 Å². The maximum Gasteiger partial charge on any atom is 0.257 e. The van der Waals surface area contributed by atoms with E-state index in [1.807, 2.05) is 38.2 Å². The monoisotopic (exact) mass is 317 g/mol. The lowest BCUT2D eigenvalue weighted by Crippen LogP contribution is -2.28. The summed E-state index contributed by atoms with van der Waals surface area (Å²) in [7, 11) is 1.84. The van der Waals surface area contributed by atoms with Crippen molar-refractivity contribution < 1.29 is 14.3 Å². The van der Waals surface area contributed by atoms with Crippen molar-refractivity contribution in [1.29, 1.82) is 0 Å². The molecular formula is C19H27NO3. The fourth-order valence-corrected chi connectivity index (χ4v) is 2.71. The Balaban J connectivity index is 1.88. The predicted molar refractivity (Wildman–Crippen MR) is 91.9 cm³/mol. The molecule has 1 heterocycles. The van der Waals surface area contributed by atoms with Crippen LogP contribution in [0.15, 0.2) is 36.4 Å². The number of carbonyl (C=O) groups excluding carboxylic acids is 1. The molecule has 0 unspecified atom stereocenters. The van der Waals surface area contributed by atoms with E-state index in [-0.39, 0.29) is 5.91 Å². The third-order valence-corrected chi connectivity index (χ3v) is 3.98. The Morgan fingerprint density at radius 3 is 2.91 bits per heavy atom. The minimum Gasteiger partial charge on any atom is -0.488 e. The van der Waals surface area contributed by atoms with Gasteiger partial charge in [0, 0.05) is 20.2 Å². The zero-order valence-corrected chi connectivity index (χ0v) is 14.2. The Bertz CT molecular complexity index is 535. The van der Waals surface area contributed by atoms with Crippen LogP contribution < -0.4 is 4.74 Å². The van der Waals surface area contributed by atoms with Gasteiger partial charge in [-0.3, -0.25) is 4.79 Å². The van der Waals surface area contributed by atoms with Crippen molar-refractivity contribution in [2.75, 3.05) is 26.8 Å². The molecule has 0 spiro atoms. The summed E-state index contributed by atoms with van der Waals surface area (Å²) in [6, 6.07) is 7.38. The summed E-state index contributed by atoms with van der Waals surface area (Å²) in [6.45, 7) is 7.77. The third-order valence-electron chi connectivity index (χ3n) is 3.98. The molecule has 0 aliphatic carbocycles. The zero-order valence-electron chi connectivity index (χ0n) is 14.2. The first kappa shape index (κ1) is 17.5. The highest BCUT2D eigenvalue weighted by Gasteiger charge is 2.18. The smallest absolute Gasteiger partial charge is 0.257 e. The molecule has 1 aliphatic rings. The highest BCUT2D eigenvalue weighted by molar-refractivity contribution is 5.96. The average molecular weight is 317 g/mol. The standard InChI is InChI=1S/C19H27NO3/c1-15(2)14-23-18-11-5-4-10-17(18)19(21)20(3)12-6-8-16-9-7-13-22-16/h4-5,10-11,16H,1,6-9,12-14H2,2-3H3/t16-/m0/s1. The fraction of sp³-hybridized carbons (Fsp3) is 0.526. The molecule has 1 aliphatic heterocycles. The molecule has 1 atom stereocenters. The first-order valence-corrected chi connectivity index (χ1v) is 8.31. The SMILES string of the molecule is C=C(C)COc1ccccc1C(=O)N(C)CCC[C@H]1CCCO1. The summed E-state index contributed by atoms with van der Waals surface area (Å²) in [4.78, 5) is 14.4. The van der Waals surface area contributed by atoms with Gasteiger partial charge in [-0.15, -0.1) is 0 Å². The molecule has 0 bridgehead atoms. The number of ether oxygens (including phenoxy) is 2. The average Bonchev–Trinajstić information content (AvgIpc) is 3.05. The van der Waals surface area contributed by atoms with Gasteiger partial charge in [-0.1, -0.05) is 18.7 Å². The van der Waals surface area contributed by atoms with Gasteiger partial charge >= 0.3 is 0 Å². The van der Waals surface area contributed by atoms with E-state index in [9.17, 15) is 4.79 Å². The first-order valence-electron chi connectivity index (χ1n) is 8.31. The molecule has 4 heteroatoms. The maximum atomic E-state index is 12.6. The fourth-order valence-electron chi connectivity index (χ4n) is 2.71. The molecule has 4 nitrogen and oxygen atoms in total. The van der Waals surface area contributed by atoms with E-state index in [1.54, 1.807) is 4.90 Å². The Morgan fingerprint density at radius 1 is 1.43 bits per heavy atom. The number of amides is 1.